The molecule has 0 heterocycles. The Hall–Kier alpha value is -1.84. The van der Waals surface area contributed by atoms with E-state index in [0.717, 1.165) is 70.6 Å². The smallest absolute Gasteiger partial charge is 0.268 e. The number of aliphatic hydroxyl groups is 2. The van der Waals surface area contributed by atoms with Crippen LogP contribution in [0.1, 0.15) is 161 Å². The number of unbranched alkanes of at least 4 members (excludes halogenated alkanes) is 17. The van der Waals surface area contributed by atoms with Gasteiger partial charge in [-0.1, -0.05) is 151 Å². The number of phosphoric acid groups is 1. The van der Waals surface area contributed by atoms with Crippen molar-refractivity contribution in [1.82, 2.24) is 5.32 Å². The summed E-state index contributed by atoms with van der Waals surface area (Å²) in [6, 6.07) is -0.923. The molecule has 0 saturated heterocycles. The molecule has 0 fully saturated rings. The Balaban J connectivity index is 4.56. The van der Waals surface area contributed by atoms with E-state index in [1.165, 1.54) is 70.6 Å². The first-order valence-electron chi connectivity index (χ1n) is 21.8. The van der Waals surface area contributed by atoms with Crippen molar-refractivity contribution in [3.05, 3.63) is 60.8 Å². The first-order chi connectivity index (χ1) is 26.5. The topological polar surface area (TPSA) is 128 Å². The molecule has 10 heteroatoms. The van der Waals surface area contributed by atoms with Gasteiger partial charge in [0.1, 0.15) is 13.2 Å². The fraction of sp³-hybridized carbons (Fsp3) is 0.756. The molecule has 0 aliphatic rings. The predicted octanol–water partition coefficient (Wildman–Crippen LogP) is 10.2. The molecule has 55 heavy (non-hydrogen) atoms. The number of likely N-dealkylation sites (N-methyl/N-ethyl adjacent to an activating group) is 1. The van der Waals surface area contributed by atoms with Crippen LogP contribution >= 0.6 is 7.82 Å². The van der Waals surface area contributed by atoms with E-state index >= 15 is 0 Å². The van der Waals surface area contributed by atoms with E-state index in [1.807, 2.05) is 27.2 Å². The van der Waals surface area contributed by atoms with Gasteiger partial charge in [0.15, 0.2) is 0 Å². The fourth-order valence-corrected chi connectivity index (χ4v) is 6.49. The van der Waals surface area contributed by atoms with Crippen LogP contribution in [0.3, 0.4) is 0 Å². The summed E-state index contributed by atoms with van der Waals surface area (Å²) in [5.41, 5.74) is 0. The Kier molecular flexibility index (Phi) is 36.5. The number of nitrogens with one attached hydrogen (secondary N) is 1. The molecule has 320 valence electrons. The lowest BCUT2D eigenvalue weighted by molar-refractivity contribution is -0.870. The van der Waals surface area contributed by atoms with E-state index < -0.39 is 26.6 Å². The molecule has 0 aliphatic heterocycles. The summed E-state index contributed by atoms with van der Waals surface area (Å²) < 4.78 is 23.1. The van der Waals surface area contributed by atoms with E-state index in [1.54, 1.807) is 6.08 Å². The predicted molar refractivity (Wildman–Crippen MR) is 230 cm³/mol. The van der Waals surface area contributed by atoms with Crippen molar-refractivity contribution >= 4 is 13.7 Å². The number of rotatable bonds is 39. The first kappa shape index (κ1) is 53.2. The number of phosphoric ester groups is 1. The van der Waals surface area contributed by atoms with Gasteiger partial charge >= 0.3 is 0 Å². The third-order valence-corrected chi connectivity index (χ3v) is 10.2. The molecule has 0 aliphatic carbocycles. The van der Waals surface area contributed by atoms with E-state index in [0.29, 0.717) is 17.4 Å². The lowest BCUT2D eigenvalue weighted by Crippen LogP contribution is -2.45. The lowest BCUT2D eigenvalue weighted by atomic mass is 10.0. The van der Waals surface area contributed by atoms with E-state index in [9.17, 15) is 19.4 Å². The highest BCUT2D eigenvalue weighted by Crippen LogP contribution is 2.38. The highest BCUT2D eigenvalue weighted by atomic mass is 31.2. The second-order valence-electron chi connectivity index (χ2n) is 15.8. The molecule has 0 bridgehead atoms. The molecule has 9 nitrogen and oxygen atoms in total. The highest BCUT2D eigenvalue weighted by Gasteiger charge is 2.23. The molecule has 0 saturated carbocycles. The number of nitrogens with zero attached hydrogens (tertiary/aromatic N) is 1. The minimum atomic E-state index is -4.61. The van der Waals surface area contributed by atoms with Crippen molar-refractivity contribution in [3.63, 3.8) is 0 Å². The fourth-order valence-electron chi connectivity index (χ4n) is 5.77. The van der Waals surface area contributed by atoms with E-state index in [4.69, 9.17) is 14.2 Å². The molecular weight excluding hydrogens is 711 g/mol. The van der Waals surface area contributed by atoms with Crippen molar-refractivity contribution < 1.29 is 38.0 Å². The summed E-state index contributed by atoms with van der Waals surface area (Å²) in [5, 5.41) is 22.5. The summed E-state index contributed by atoms with van der Waals surface area (Å²) in [6.07, 6.45) is 45.7. The summed E-state index contributed by atoms with van der Waals surface area (Å²) in [5.74, 6) is -0.263. The van der Waals surface area contributed by atoms with Gasteiger partial charge in [-0.2, -0.15) is 0 Å². The molecule has 1 amide bonds. The summed E-state index contributed by atoms with van der Waals surface area (Å²) in [4.78, 5) is 25.2. The van der Waals surface area contributed by atoms with Crippen molar-refractivity contribution in [1.29, 1.82) is 0 Å². The Morgan fingerprint density at radius 1 is 0.673 bits per heavy atom. The zero-order valence-electron chi connectivity index (χ0n) is 35.6. The SMILES string of the molecule is CCCCCCCCCCCCCCC/C=C/[C@@H](O)[C@H](COP(=O)([O-])OCC[N+](C)(C)C)NC(=O)CCC/C=C\C/C=C\C/C=C\C/C=C\CCCCCO. The Morgan fingerprint density at radius 3 is 1.64 bits per heavy atom. The van der Waals surface area contributed by atoms with Gasteiger partial charge < -0.3 is 34.0 Å². The van der Waals surface area contributed by atoms with Gasteiger partial charge in [-0.25, -0.2) is 0 Å². The maximum Gasteiger partial charge on any atom is 0.268 e. The number of amides is 1. The van der Waals surface area contributed by atoms with Crippen LogP contribution in [0.15, 0.2) is 60.8 Å². The van der Waals surface area contributed by atoms with Gasteiger partial charge in [-0.05, 0) is 64.2 Å². The molecule has 1 unspecified atom stereocenters. The van der Waals surface area contributed by atoms with Crippen molar-refractivity contribution in [2.45, 2.75) is 173 Å². The number of carbonyl (C=O) groups excluding carboxylic acids is 1. The second-order valence-corrected chi connectivity index (χ2v) is 17.2. The maximum absolute atomic E-state index is 12.8. The number of allylic oxidation sites excluding steroid dienone is 9. The van der Waals surface area contributed by atoms with Crippen LogP contribution in [-0.4, -0.2) is 80.3 Å². The van der Waals surface area contributed by atoms with Crippen LogP contribution in [-0.2, 0) is 18.4 Å². The zero-order valence-corrected chi connectivity index (χ0v) is 36.5. The van der Waals surface area contributed by atoms with Gasteiger partial charge in [0, 0.05) is 13.0 Å². The van der Waals surface area contributed by atoms with Crippen LogP contribution in [0.5, 0.6) is 0 Å². The average Bonchev–Trinajstić information content (AvgIpc) is 3.13. The minimum Gasteiger partial charge on any atom is -0.756 e. The van der Waals surface area contributed by atoms with Gasteiger partial charge in [-0.15, -0.1) is 0 Å². The minimum absolute atomic E-state index is 0.0186. The number of quaternary nitrogens is 1. The Morgan fingerprint density at radius 2 is 1.13 bits per heavy atom. The number of carbonyl (C=O) groups is 1. The van der Waals surface area contributed by atoms with Gasteiger partial charge in [0.2, 0.25) is 5.91 Å². The van der Waals surface area contributed by atoms with Crippen molar-refractivity contribution in [2.75, 3.05) is 47.5 Å². The number of aliphatic hydroxyl groups excluding tert-OH is 2. The Labute approximate surface area is 337 Å². The number of hydrogen-bond donors (Lipinski definition) is 3. The zero-order chi connectivity index (χ0) is 40.7. The monoisotopic (exact) mass is 795 g/mol. The largest absolute Gasteiger partial charge is 0.756 e. The van der Waals surface area contributed by atoms with Crippen LogP contribution in [0, 0.1) is 0 Å². The Bertz CT molecular complexity index is 1080. The summed E-state index contributed by atoms with van der Waals surface area (Å²) >= 11 is 0. The lowest BCUT2D eigenvalue weighted by Gasteiger charge is -2.29. The summed E-state index contributed by atoms with van der Waals surface area (Å²) in [7, 11) is 1.20. The van der Waals surface area contributed by atoms with E-state index in [2.05, 4.69) is 60.8 Å². The van der Waals surface area contributed by atoms with E-state index in [-0.39, 0.29) is 25.5 Å². The van der Waals surface area contributed by atoms with Crippen LogP contribution < -0.4 is 10.2 Å². The molecule has 0 radical (unpaired) electrons. The summed E-state index contributed by atoms with van der Waals surface area (Å²) in [6.45, 7) is 2.59. The second kappa shape index (κ2) is 37.7. The number of hydrogen-bond acceptors (Lipinski definition) is 7. The molecule has 0 spiro atoms. The molecule has 3 atom stereocenters. The van der Waals surface area contributed by atoms with Crippen LogP contribution in [0.25, 0.3) is 0 Å². The third kappa shape index (κ3) is 40.2. The van der Waals surface area contributed by atoms with Gasteiger partial charge in [0.05, 0.1) is 39.9 Å². The molecule has 0 aromatic heterocycles. The average molecular weight is 795 g/mol. The molecule has 3 N–H and O–H groups in total. The highest BCUT2D eigenvalue weighted by molar-refractivity contribution is 7.45. The van der Waals surface area contributed by atoms with Crippen LogP contribution in [0.4, 0.5) is 0 Å². The molecule has 0 rings (SSSR count). The van der Waals surface area contributed by atoms with Crippen LogP contribution in [0.2, 0.25) is 0 Å². The van der Waals surface area contributed by atoms with Crippen molar-refractivity contribution in [3.8, 4) is 0 Å². The van der Waals surface area contributed by atoms with Crippen molar-refractivity contribution in [2.24, 2.45) is 0 Å². The standard InChI is InChI=1S/C45H83N2O7P/c1-5-6-7-8-9-10-11-12-16-19-22-25-28-31-34-37-44(49)43(42-54-55(51,52)53-41-39-47(2,3)4)46-45(50)38-35-32-29-26-23-20-17-14-13-15-18-21-24-27-30-33-36-40-48/h13,15,17,20-21,24,26,29,34,37,43-44,48-49H,5-12,14,16,18-19,22-23,25,27-28,30-33,35-36,38-42H2,1-4H3,(H-,46,50,51,52)/b15-13-,20-17-,24-21-,29-26-,37-34+/t43-,44+/m0/s1. The third-order valence-electron chi connectivity index (χ3n) is 9.28. The molecule has 0 aromatic carbocycles. The molecule has 0 aromatic rings. The van der Waals surface area contributed by atoms with Gasteiger partial charge in [-0.3, -0.25) is 9.36 Å². The van der Waals surface area contributed by atoms with Gasteiger partial charge in [0.25, 0.3) is 7.82 Å². The first-order valence-corrected chi connectivity index (χ1v) is 23.2. The maximum atomic E-state index is 12.8. The molecular formula is C45H83N2O7P. The normalized spacial score (nSPS) is 15.0. The quantitative estimate of drug-likeness (QED) is 0.0245.